The van der Waals surface area contributed by atoms with Crippen molar-refractivity contribution in [3.05, 3.63) is 41.3 Å². The first-order valence-corrected chi connectivity index (χ1v) is 6.59. The fourth-order valence-corrected chi connectivity index (χ4v) is 2.18. The molecule has 0 bridgehead atoms. The van der Waals surface area contributed by atoms with Crippen molar-refractivity contribution in [1.29, 1.82) is 0 Å². The maximum atomic E-state index is 12.1. The SMILES string of the molecule is Cc1ccnc([C@H]2CC2C(=O)Nc2cc(Cl)ncn2)n1. The second-order valence-electron chi connectivity index (χ2n) is 4.72. The summed E-state index contributed by atoms with van der Waals surface area (Å²) in [4.78, 5) is 28.4. The summed E-state index contributed by atoms with van der Waals surface area (Å²) >= 11 is 5.74. The van der Waals surface area contributed by atoms with Gasteiger partial charge in [-0.1, -0.05) is 11.6 Å². The monoisotopic (exact) mass is 289 g/mol. The molecule has 1 aliphatic carbocycles. The van der Waals surface area contributed by atoms with E-state index in [4.69, 9.17) is 11.6 Å². The molecule has 1 saturated carbocycles. The lowest BCUT2D eigenvalue weighted by molar-refractivity contribution is -0.117. The van der Waals surface area contributed by atoms with Gasteiger partial charge in [-0.3, -0.25) is 4.79 Å². The third-order valence-electron chi connectivity index (χ3n) is 3.16. The summed E-state index contributed by atoms with van der Waals surface area (Å²) < 4.78 is 0. The Morgan fingerprint density at radius 2 is 2.25 bits per heavy atom. The summed E-state index contributed by atoms with van der Waals surface area (Å²) in [6.45, 7) is 1.91. The molecular weight excluding hydrogens is 278 g/mol. The van der Waals surface area contributed by atoms with Gasteiger partial charge >= 0.3 is 0 Å². The Morgan fingerprint density at radius 1 is 1.40 bits per heavy atom. The number of halogens is 1. The van der Waals surface area contributed by atoms with Crippen LogP contribution in [0.25, 0.3) is 0 Å². The molecular formula is C13H12ClN5O. The number of carbonyl (C=O) groups excluding carboxylic acids is 1. The molecule has 3 rings (SSSR count). The molecule has 0 aliphatic heterocycles. The average Bonchev–Trinajstić information content (AvgIpc) is 3.19. The van der Waals surface area contributed by atoms with Gasteiger partial charge in [-0.05, 0) is 19.4 Å². The van der Waals surface area contributed by atoms with Crippen LogP contribution in [-0.4, -0.2) is 25.8 Å². The number of hydrogen-bond donors (Lipinski definition) is 1. The molecule has 2 atom stereocenters. The van der Waals surface area contributed by atoms with Gasteiger partial charge in [0.15, 0.2) is 0 Å². The van der Waals surface area contributed by atoms with E-state index in [9.17, 15) is 4.79 Å². The third-order valence-corrected chi connectivity index (χ3v) is 3.36. The summed E-state index contributed by atoms with van der Waals surface area (Å²) in [6, 6.07) is 3.35. The van der Waals surface area contributed by atoms with E-state index < -0.39 is 0 Å². The highest BCUT2D eigenvalue weighted by Crippen LogP contribution is 2.46. The van der Waals surface area contributed by atoms with E-state index in [1.165, 1.54) is 12.4 Å². The Bertz CT molecular complexity index is 663. The predicted octanol–water partition coefficient (Wildman–Crippen LogP) is 1.97. The molecule has 1 aliphatic rings. The number of aromatic nitrogens is 4. The molecule has 0 saturated heterocycles. The van der Waals surface area contributed by atoms with Gasteiger partial charge in [-0.15, -0.1) is 0 Å². The number of rotatable bonds is 3. The first-order valence-electron chi connectivity index (χ1n) is 6.21. The highest BCUT2D eigenvalue weighted by molar-refractivity contribution is 6.29. The lowest BCUT2D eigenvalue weighted by Gasteiger charge is -2.03. The second-order valence-corrected chi connectivity index (χ2v) is 5.11. The molecule has 1 N–H and O–H groups in total. The van der Waals surface area contributed by atoms with Crippen molar-refractivity contribution in [2.24, 2.45) is 5.92 Å². The van der Waals surface area contributed by atoms with E-state index in [0.717, 1.165) is 17.9 Å². The summed E-state index contributed by atoms with van der Waals surface area (Å²) in [5.41, 5.74) is 0.906. The minimum absolute atomic E-state index is 0.0881. The molecule has 0 radical (unpaired) electrons. The van der Waals surface area contributed by atoms with Crippen LogP contribution in [0.4, 0.5) is 5.82 Å². The van der Waals surface area contributed by atoms with Crippen molar-refractivity contribution in [3.63, 3.8) is 0 Å². The molecule has 1 fully saturated rings. The molecule has 7 heteroatoms. The Kier molecular flexibility index (Phi) is 3.31. The Balaban J connectivity index is 1.66. The Morgan fingerprint density at radius 3 is 3.00 bits per heavy atom. The molecule has 2 aromatic rings. The summed E-state index contributed by atoms with van der Waals surface area (Å²) in [7, 11) is 0. The number of carbonyl (C=O) groups is 1. The van der Waals surface area contributed by atoms with Crippen LogP contribution in [0.1, 0.15) is 23.9 Å². The van der Waals surface area contributed by atoms with E-state index in [0.29, 0.717) is 11.0 Å². The molecule has 1 amide bonds. The topological polar surface area (TPSA) is 80.7 Å². The number of aryl methyl sites for hydroxylation is 1. The number of hydrogen-bond acceptors (Lipinski definition) is 5. The molecule has 2 aromatic heterocycles. The second kappa shape index (κ2) is 5.13. The minimum atomic E-state index is -0.106. The first kappa shape index (κ1) is 12.9. The molecule has 0 spiro atoms. The predicted molar refractivity (Wildman–Crippen MR) is 73.3 cm³/mol. The Hall–Kier alpha value is -2.08. The summed E-state index contributed by atoms with van der Waals surface area (Å²) in [5, 5.41) is 3.02. The third kappa shape index (κ3) is 2.75. The van der Waals surface area contributed by atoms with Crippen LogP contribution in [0, 0.1) is 12.8 Å². The van der Waals surface area contributed by atoms with Crippen LogP contribution < -0.4 is 5.32 Å². The number of anilines is 1. The van der Waals surface area contributed by atoms with Crippen molar-refractivity contribution in [2.75, 3.05) is 5.32 Å². The summed E-state index contributed by atoms with van der Waals surface area (Å²) in [5.74, 6) is 1.03. The van der Waals surface area contributed by atoms with E-state index in [-0.39, 0.29) is 17.7 Å². The number of nitrogens with zero attached hydrogens (tertiary/aromatic N) is 4. The standard InChI is InChI=1S/C13H12ClN5O/c1-7-2-3-15-12(18-7)8-4-9(8)13(20)19-11-5-10(14)16-6-17-11/h2-3,5-6,8-9H,4H2,1H3,(H,16,17,19,20)/t8-,9?/m0/s1. The quantitative estimate of drug-likeness (QED) is 0.874. The smallest absolute Gasteiger partial charge is 0.229 e. The van der Waals surface area contributed by atoms with Crippen molar-refractivity contribution in [1.82, 2.24) is 19.9 Å². The molecule has 2 heterocycles. The first-order chi connectivity index (χ1) is 9.63. The maximum absolute atomic E-state index is 12.1. The van der Waals surface area contributed by atoms with Crippen molar-refractivity contribution in [3.8, 4) is 0 Å². The largest absolute Gasteiger partial charge is 0.310 e. The van der Waals surface area contributed by atoms with Gasteiger partial charge in [0.2, 0.25) is 5.91 Å². The molecule has 0 aromatic carbocycles. The number of nitrogens with one attached hydrogen (secondary N) is 1. The van der Waals surface area contributed by atoms with Gasteiger partial charge in [0.25, 0.3) is 0 Å². The van der Waals surface area contributed by atoms with Gasteiger partial charge in [-0.25, -0.2) is 19.9 Å². The lowest BCUT2D eigenvalue weighted by Crippen LogP contribution is -2.16. The molecule has 20 heavy (non-hydrogen) atoms. The normalized spacial score (nSPS) is 20.5. The molecule has 1 unspecified atom stereocenters. The zero-order valence-corrected chi connectivity index (χ0v) is 11.5. The molecule has 6 nitrogen and oxygen atoms in total. The zero-order valence-electron chi connectivity index (χ0n) is 10.7. The van der Waals surface area contributed by atoms with Crippen molar-refractivity contribution >= 4 is 23.3 Å². The van der Waals surface area contributed by atoms with E-state index >= 15 is 0 Å². The van der Waals surface area contributed by atoms with Crippen LogP contribution in [-0.2, 0) is 4.79 Å². The fraction of sp³-hybridized carbons (Fsp3) is 0.308. The maximum Gasteiger partial charge on any atom is 0.229 e. The van der Waals surface area contributed by atoms with Crippen LogP contribution in [0.3, 0.4) is 0 Å². The van der Waals surface area contributed by atoms with E-state index in [1.807, 2.05) is 13.0 Å². The Labute approximate surface area is 120 Å². The van der Waals surface area contributed by atoms with Crippen LogP contribution >= 0.6 is 11.6 Å². The minimum Gasteiger partial charge on any atom is -0.310 e. The van der Waals surface area contributed by atoms with Gasteiger partial charge in [0, 0.05) is 29.8 Å². The van der Waals surface area contributed by atoms with Crippen molar-refractivity contribution < 1.29 is 4.79 Å². The average molecular weight is 290 g/mol. The highest BCUT2D eigenvalue weighted by Gasteiger charge is 2.46. The summed E-state index contributed by atoms with van der Waals surface area (Å²) in [6.07, 6.45) is 3.79. The van der Waals surface area contributed by atoms with Crippen LogP contribution in [0.2, 0.25) is 5.15 Å². The zero-order chi connectivity index (χ0) is 14.1. The van der Waals surface area contributed by atoms with Gasteiger partial charge in [-0.2, -0.15) is 0 Å². The van der Waals surface area contributed by atoms with Crippen LogP contribution in [0.5, 0.6) is 0 Å². The van der Waals surface area contributed by atoms with Crippen molar-refractivity contribution in [2.45, 2.75) is 19.3 Å². The fourth-order valence-electron chi connectivity index (χ4n) is 2.04. The highest BCUT2D eigenvalue weighted by atomic mass is 35.5. The van der Waals surface area contributed by atoms with Gasteiger partial charge in [0.1, 0.15) is 23.1 Å². The van der Waals surface area contributed by atoms with Crippen LogP contribution in [0.15, 0.2) is 24.7 Å². The van der Waals surface area contributed by atoms with E-state index in [2.05, 4.69) is 25.3 Å². The van der Waals surface area contributed by atoms with E-state index in [1.54, 1.807) is 6.20 Å². The van der Waals surface area contributed by atoms with Gasteiger partial charge < -0.3 is 5.32 Å². The molecule has 102 valence electrons. The number of amides is 1. The lowest BCUT2D eigenvalue weighted by atomic mass is 10.2. The van der Waals surface area contributed by atoms with Gasteiger partial charge in [0.05, 0.1) is 0 Å².